The molecule has 2 aromatic carbocycles. The van der Waals surface area contributed by atoms with Gasteiger partial charge in [0.1, 0.15) is 5.75 Å². The van der Waals surface area contributed by atoms with Crippen LogP contribution in [0.15, 0.2) is 46.9 Å². The molecule has 3 nitrogen and oxygen atoms in total. The summed E-state index contributed by atoms with van der Waals surface area (Å²) in [6.45, 7) is 0.615. The summed E-state index contributed by atoms with van der Waals surface area (Å²) in [6, 6.07) is 13.3. The van der Waals surface area contributed by atoms with E-state index in [1.165, 1.54) is 0 Å². The number of methoxy groups -OCH3 is 1. The predicted octanol–water partition coefficient (Wildman–Crippen LogP) is 3.38. The summed E-state index contributed by atoms with van der Waals surface area (Å²) in [6.07, 6.45) is 1.17. The second-order valence-corrected chi connectivity index (χ2v) is 5.65. The number of hydrogen-bond acceptors (Lipinski definition) is 3. The lowest BCUT2D eigenvalue weighted by Crippen LogP contribution is -2.06. The molecule has 2 aromatic rings. The first-order valence-corrected chi connectivity index (χ1v) is 7.58. The van der Waals surface area contributed by atoms with E-state index in [0.29, 0.717) is 18.5 Å². The Labute approximate surface area is 133 Å². The van der Waals surface area contributed by atoms with Gasteiger partial charge in [-0.25, -0.2) is 0 Å². The van der Waals surface area contributed by atoms with Crippen LogP contribution in [0.4, 0.5) is 0 Å². The van der Waals surface area contributed by atoms with Crippen LogP contribution in [0, 0.1) is 0 Å². The van der Waals surface area contributed by atoms with Crippen molar-refractivity contribution in [2.24, 2.45) is 5.73 Å². The van der Waals surface area contributed by atoms with Gasteiger partial charge in [-0.05, 0) is 42.3 Å². The van der Waals surface area contributed by atoms with Gasteiger partial charge in [-0.1, -0.05) is 40.2 Å². The number of benzene rings is 2. The fourth-order valence-corrected chi connectivity index (χ4v) is 2.50. The minimum atomic E-state index is 0.0863. The van der Waals surface area contributed by atoms with Crippen molar-refractivity contribution in [3.05, 3.63) is 63.6 Å². The first-order valence-electron chi connectivity index (χ1n) is 6.78. The largest absolute Gasteiger partial charge is 0.497 e. The zero-order valence-electron chi connectivity index (χ0n) is 11.9. The Kier molecular flexibility index (Phi) is 5.53. The van der Waals surface area contributed by atoms with E-state index in [1.54, 1.807) is 7.11 Å². The zero-order valence-corrected chi connectivity index (χ0v) is 13.5. The molecule has 0 fully saturated rings. The molecule has 0 spiro atoms. The average Bonchev–Trinajstić information content (AvgIpc) is 2.50. The van der Waals surface area contributed by atoms with E-state index in [4.69, 9.17) is 10.5 Å². The van der Waals surface area contributed by atoms with Crippen LogP contribution in [0.5, 0.6) is 5.75 Å². The molecule has 0 bridgehead atoms. The molecule has 21 heavy (non-hydrogen) atoms. The van der Waals surface area contributed by atoms with Crippen molar-refractivity contribution in [1.29, 1.82) is 0 Å². The van der Waals surface area contributed by atoms with E-state index in [2.05, 4.69) is 15.9 Å². The molecule has 0 radical (unpaired) electrons. The number of carbonyl (C=O) groups is 1. The summed E-state index contributed by atoms with van der Waals surface area (Å²) < 4.78 is 6.11. The number of rotatable bonds is 6. The number of hydrogen-bond donors (Lipinski definition) is 1. The molecular formula is C17H18BrNO2. The standard InChI is InChI=1S/C17H18BrNO2/c1-21-15-6-7-16(18)14(10-15)11-17(20)13-4-2-12(3-5-13)8-9-19/h2-7,10H,8-9,11,19H2,1H3. The van der Waals surface area contributed by atoms with Gasteiger partial charge in [0.15, 0.2) is 5.78 Å². The third-order valence-corrected chi connectivity index (χ3v) is 4.09. The van der Waals surface area contributed by atoms with Crippen LogP contribution >= 0.6 is 15.9 Å². The van der Waals surface area contributed by atoms with Crippen molar-refractivity contribution in [2.45, 2.75) is 12.8 Å². The number of Topliss-reactive ketones (excluding diaryl/α,β-unsaturated/α-hetero) is 1. The monoisotopic (exact) mass is 347 g/mol. The molecule has 2 rings (SSSR count). The maximum absolute atomic E-state index is 12.3. The molecule has 4 heteroatoms. The van der Waals surface area contributed by atoms with Crippen LogP contribution in [-0.4, -0.2) is 19.4 Å². The number of carbonyl (C=O) groups excluding carboxylic acids is 1. The number of ether oxygens (including phenoxy) is 1. The molecule has 0 saturated carbocycles. The summed E-state index contributed by atoms with van der Waals surface area (Å²) in [4.78, 5) is 12.3. The SMILES string of the molecule is COc1ccc(Br)c(CC(=O)c2ccc(CCN)cc2)c1. The smallest absolute Gasteiger partial charge is 0.167 e. The molecule has 0 unspecified atom stereocenters. The Bertz CT molecular complexity index is 623. The molecule has 110 valence electrons. The van der Waals surface area contributed by atoms with Gasteiger partial charge in [0.25, 0.3) is 0 Å². The van der Waals surface area contributed by atoms with Crippen LogP contribution in [0.25, 0.3) is 0 Å². The highest BCUT2D eigenvalue weighted by molar-refractivity contribution is 9.10. The first-order chi connectivity index (χ1) is 10.1. The number of ketones is 1. The maximum atomic E-state index is 12.3. The number of nitrogens with two attached hydrogens (primary N) is 1. The highest BCUT2D eigenvalue weighted by Gasteiger charge is 2.10. The molecule has 2 N–H and O–H groups in total. The Morgan fingerprint density at radius 1 is 1.19 bits per heavy atom. The molecule has 0 aliphatic heterocycles. The fourth-order valence-electron chi connectivity index (χ4n) is 2.11. The van der Waals surface area contributed by atoms with Gasteiger partial charge in [0.2, 0.25) is 0 Å². The summed E-state index contributed by atoms with van der Waals surface area (Å²) in [5.74, 6) is 0.836. The van der Waals surface area contributed by atoms with E-state index < -0.39 is 0 Å². The van der Waals surface area contributed by atoms with Gasteiger partial charge < -0.3 is 10.5 Å². The molecule has 0 aliphatic rings. The lowest BCUT2D eigenvalue weighted by atomic mass is 10.0. The fraction of sp³-hybridized carbons (Fsp3) is 0.235. The predicted molar refractivity (Wildman–Crippen MR) is 87.9 cm³/mol. The molecule has 0 aromatic heterocycles. The van der Waals surface area contributed by atoms with Crippen LogP contribution < -0.4 is 10.5 Å². The summed E-state index contributed by atoms with van der Waals surface area (Å²) in [5.41, 5.74) is 8.31. The van der Waals surface area contributed by atoms with E-state index in [-0.39, 0.29) is 5.78 Å². The molecule has 0 heterocycles. The summed E-state index contributed by atoms with van der Waals surface area (Å²) in [7, 11) is 1.62. The van der Waals surface area contributed by atoms with Gasteiger partial charge in [0.05, 0.1) is 7.11 Å². The second-order valence-electron chi connectivity index (χ2n) is 4.79. The Balaban J connectivity index is 2.14. The lowest BCUT2D eigenvalue weighted by molar-refractivity contribution is 0.0993. The van der Waals surface area contributed by atoms with Crippen LogP contribution in [-0.2, 0) is 12.8 Å². The Morgan fingerprint density at radius 3 is 2.52 bits per heavy atom. The van der Waals surface area contributed by atoms with Crippen LogP contribution in [0.2, 0.25) is 0 Å². The van der Waals surface area contributed by atoms with Crippen molar-refractivity contribution < 1.29 is 9.53 Å². The van der Waals surface area contributed by atoms with Gasteiger partial charge >= 0.3 is 0 Å². The zero-order chi connectivity index (χ0) is 15.2. The molecule has 0 aliphatic carbocycles. The highest BCUT2D eigenvalue weighted by atomic mass is 79.9. The summed E-state index contributed by atoms with van der Waals surface area (Å²) in [5, 5.41) is 0. The lowest BCUT2D eigenvalue weighted by Gasteiger charge is -2.07. The van der Waals surface area contributed by atoms with E-state index >= 15 is 0 Å². The molecular weight excluding hydrogens is 330 g/mol. The normalized spacial score (nSPS) is 10.4. The minimum absolute atomic E-state index is 0.0863. The van der Waals surface area contributed by atoms with Crippen LogP contribution in [0.1, 0.15) is 21.5 Å². The van der Waals surface area contributed by atoms with Gasteiger partial charge in [0, 0.05) is 16.5 Å². The topological polar surface area (TPSA) is 52.3 Å². The van der Waals surface area contributed by atoms with Gasteiger partial charge in [-0.15, -0.1) is 0 Å². The second kappa shape index (κ2) is 7.38. The van der Waals surface area contributed by atoms with Crippen molar-refractivity contribution in [3.63, 3.8) is 0 Å². The third-order valence-electron chi connectivity index (χ3n) is 3.31. The molecule has 0 amide bonds. The van der Waals surface area contributed by atoms with E-state index in [1.807, 2.05) is 42.5 Å². The summed E-state index contributed by atoms with van der Waals surface area (Å²) >= 11 is 3.47. The highest BCUT2D eigenvalue weighted by Crippen LogP contribution is 2.24. The van der Waals surface area contributed by atoms with E-state index in [9.17, 15) is 4.79 Å². The maximum Gasteiger partial charge on any atom is 0.167 e. The first kappa shape index (κ1) is 15.7. The van der Waals surface area contributed by atoms with Crippen molar-refractivity contribution in [3.8, 4) is 5.75 Å². The number of halogens is 1. The minimum Gasteiger partial charge on any atom is -0.497 e. The Hall–Kier alpha value is -1.65. The van der Waals surface area contributed by atoms with Crippen molar-refractivity contribution >= 4 is 21.7 Å². The molecule has 0 atom stereocenters. The average molecular weight is 348 g/mol. The molecule has 0 saturated heterocycles. The van der Waals surface area contributed by atoms with Crippen LogP contribution in [0.3, 0.4) is 0 Å². The quantitative estimate of drug-likeness (QED) is 0.815. The Morgan fingerprint density at radius 2 is 1.90 bits per heavy atom. The van der Waals surface area contributed by atoms with Crippen molar-refractivity contribution in [1.82, 2.24) is 0 Å². The van der Waals surface area contributed by atoms with Gasteiger partial charge in [-0.3, -0.25) is 4.79 Å². The van der Waals surface area contributed by atoms with Crippen molar-refractivity contribution in [2.75, 3.05) is 13.7 Å². The third kappa shape index (κ3) is 4.16. The van der Waals surface area contributed by atoms with Gasteiger partial charge in [-0.2, -0.15) is 0 Å². The van der Waals surface area contributed by atoms with E-state index in [0.717, 1.165) is 27.8 Å².